The maximum absolute atomic E-state index is 13.3. The summed E-state index contributed by atoms with van der Waals surface area (Å²) in [6.07, 6.45) is 0. The molecule has 0 radical (unpaired) electrons. The fourth-order valence-electron chi connectivity index (χ4n) is 1.57. The van der Waals surface area contributed by atoms with Gasteiger partial charge in [0.25, 0.3) is 0 Å². The van der Waals surface area contributed by atoms with Gasteiger partial charge in [-0.3, -0.25) is 0 Å². The number of hydrogen-bond donors (Lipinski definition) is 1. The molecule has 0 atom stereocenters. The van der Waals surface area contributed by atoms with Gasteiger partial charge in [0.05, 0.1) is 0 Å². The molecule has 0 amide bonds. The third-order valence-corrected chi connectivity index (χ3v) is 2.47. The van der Waals surface area contributed by atoms with Crippen LogP contribution in [0.2, 0.25) is 0 Å². The lowest BCUT2D eigenvalue weighted by Crippen LogP contribution is -2.07. The molecule has 0 saturated carbocycles. The van der Waals surface area contributed by atoms with E-state index in [1.807, 2.05) is 0 Å². The first kappa shape index (κ1) is 13.3. The summed E-state index contributed by atoms with van der Waals surface area (Å²) in [6.45, 7) is -0.172. The fourth-order valence-corrected chi connectivity index (χ4v) is 1.57. The third-order valence-electron chi connectivity index (χ3n) is 2.47. The third kappa shape index (κ3) is 2.83. The predicted molar refractivity (Wildman–Crippen MR) is 60.0 cm³/mol. The highest BCUT2D eigenvalue weighted by Gasteiger charge is 2.18. The van der Waals surface area contributed by atoms with E-state index in [9.17, 15) is 22.0 Å². The number of hydrogen-bond acceptors (Lipinski definition) is 1. The number of benzene rings is 2. The quantitative estimate of drug-likeness (QED) is 0.658. The standard InChI is InChI=1S/C13H8F5N/c14-8-3-1-2-7(4-8)6-19-13-11(17)9(15)5-10(16)12(13)18/h1-5,19H,6H2. The van der Waals surface area contributed by atoms with Crippen LogP contribution in [0.4, 0.5) is 27.6 Å². The van der Waals surface area contributed by atoms with Crippen molar-refractivity contribution in [2.75, 3.05) is 5.32 Å². The van der Waals surface area contributed by atoms with Crippen LogP contribution in [0.25, 0.3) is 0 Å². The van der Waals surface area contributed by atoms with E-state index in [2.05, 4.69) is 5.32 Å². The summed E-state index contributed by atoms with van der Waals surface area (Å²) in [7, 11) is 0. The van der Waals surface area contributed by atoms with Crippen molar-refractivity contribution in [2.45, 2.75) is 6.54 Å². The number of anilines is 1. The predicted octanol–water partition coefficient (Wildman–Crippen LogP) is 3.99. The van der Waals surface area contributed by atoms with Gasteiger partial charge in [-0.05, 0) is 17.7 Å². The fraction of sp³-hybridized carbons (Fsp3) is 0.0769. The van der Waals surface area contributed by atoms with Crippen LogP contribution in [-0.2, 0) is 6.54 Å². The van der Waals surface area contributed by atoms with Crippen LogP contribution in [0, 0.1) is 29.1 Å². The van der Waals surface area contributed by atoms with Crippen molar-refractivity contribution < 1.29 is 22.0 Å². The molecule has 0 fully saturated rings. The Bertz CT molecular complexity index is 586. The second-order valence-electron chi connectivity index (χ2n) is 3.83. The van der Waals surface area contributed by atoms with Gasteiger partial charge >= 0.3 is 0 Å². The molecule has 0 unspecified atom stereocenters. The molecule has 0 aliphatic heterocycles. The minimum Gasteiger partial charge on any atom is -0.376 e. The molecule has 0 aromatic heterocycles. The van der Waals surface area contributed by atoms with Crippen LogP contribution in [0.5, 0.6) is 0 Å². The smallest absolute Gasteiger partial charge is 0.185 e. The first-order valence-corrected chi connectivity index (χ1v) is 5.30. The average molecular weight is 273 g/mol. The Morgan fingerprint density at radius 2 is 1.47 bits per heavy atom. The molecule has 1 nitrogen and oxygen atoms in total. The van der Waals surface area contributed by atoms with E-state index >= 15 is 0 Å². The van der Waals surface area contributed by atoms with E-state index in [0.29, 0.717) is 5.56 Å². The van der Waals surface area contributed by atoms with Gasteiger partial charge in [0.2, 0.25) is 0 Å². The Balaban J connectivity index is 2.25. The molecule has 100 valence electrons. The van der Waals surface area contributed by atoms with Crippen LogP contribution >= 0.6 is 0 Å². The molecule has 0 aliphatic rings. The Morgan fingerprint density at radius 1 is 0.842 bits per heavy atom. The molecule has 2 aromatic carbocycles. The lowest BCUT2D eigenvalue weighted by Gasteiger charge is -2.10. The topological polar surface area (TPSA) is 12.0 Å². The zero-order valence-electron chi connectivity index (χ0n) is 9.48. The van der Waals surface area contributed by atoms with Crippen molar-refractivity contribution in [1.29, 1.82) is 0 Å². The summed E-state index contributed by atoms with van der Waals surface area (Å²) < 4.78 is 65.4. The van der Waals surface area contributed by atoms with Crippen molar-refractivity contribution in [3.05, 3.63) is 65.0 Å². The molecule has 2 aromatic rings. The number of halogens is 5. The lowest BCUT2D eigenvalue weighted by atomic mass is 10.2. The Hall–Kier alpha value is -2.11. The minimum absolute atomic E-state index is 0.123. The van der Waals surface area contributed by atoms with Crippen molar-refractivity contribution in [3.8, 4) is 0 Å². The zero-order valence-corrected chi connectivity index (χ0v) is 9.48. The van der Waals surface area contributed by atoms with Crippen molar-refractivity contribution in [3.63, 3.8) is 0 Å². The van der Waals surface area contributed by atoms with Gasteiger partial charge in [-0.2, -0.15) is 0 Å². The van der Waals surface area contributed by atoms with E-state index in [-0.39, 0.29) is 12.6 Å². The van der Waals surface area contributed by atoms with Crippen LogP contribution < -0.4 is 5.32 Å². The molecular formula is C13H8F5N. The van der Waals surface area contributed by atoms with Gasteiger partial charge in [-0.25, -0.2) is 22.0 Å². The summed E-state index contributed by atoms with van der Waals surface area (Å²) in [5, 5.41) is 2.21. The highest BCUT2D eigenvalue weighted by atomic mass is 19.2. The molecule has 0 saturated heterocycles. The molecule has 2 rings (SSSR count). The SMILES string of the molecule is Fc1cccc(CNc2c(F)c(F)cc(F)c2F)c1. The molecule has 0 aliphatic carbocycles. The zero-order chi connectivity index (χ0) is 14.0. The number of nitrogens with one attached hydrogen (secondary N) is 1. The summed E-state index contributed by atoms with van der Waals surface area (Å²) in [4.78, 5) is 0. The molecule has 0 heterocycles. The molecule has 1 N–H and O–H groups in total. The first-order chi connectivity index (χ1) is 8.99. The van der Waals surface area contributed by atoms with Gasteiger partial charge in [0.15, 0.2) is 23.3 Å². The first-order valence-electron chi connectivity index (χ1n) is 5.30. The van der Waals surface area contributed by atoms with E-state index in [1.165, 1.54) is 18.2 Å². The minimum atomic E-state index is -1.52. The Kier molecular flexibility index (Phi) is 3.69. The van der Waals surface area contributed by atoms with Crippen LogP contribution in [-0.4, -0.2) is 0 Å². The van der Waals surface area contributed by atoms with Crippen LogP contribution in [0.1, 0.15) is 5.56 Å². The number of rotatable bonds is 3. The van der Waals surface area contributed by atoms with E-state index in [1.54, 1.807) is 0 Å². The molecule has 0 bridgehead atoms. The summed E-state index contributed by atoms with van der Waals surface area (Å²) in [6, 6.07) is 5.37. The van der Waals surface area contributed by atoms with Gasteiger partial charge in [-0.15, -0.1) is 0 Å². The highest BCUT2D eigenvalue weighted by molar-refractivity contribution is 5.47. The van der Waals surface area contributed by atoms with E-state index in [4.69, 9.17) is 0 Å². The molecule has 0 spiro atoms. The summed E-state index contributed by atoms with van der Waals surface area (Å²) in [5.74, 6) is -6.56. The van der Waals surface area contributed by atoms with Gasteiger partial charge in [0, 0.05) is 12.6 Å². The highest BCUT2D eigenvalue weighted by Crippen LogP contribution is 2.24. The second kappa shape index (κ2) is 5.26. The molecular weight excluding hydrogens is 265 g/mol. The maximum Gasteiger partial charge on any atom is 0.185 e. The molecule has 6 heteroatoms. The maximum atomic E-state index is 13.3. The normalized spacial score (nSPS) is 10.6. The van der Waals surface area contributed by atoms with Crippen molar-refractivity contribution >= 4 is 5.69 Å². The largest absolute Gasteiger partial charge is 0.376 e. The van der Waals surface area contributed by atoms with Gasteiger partial charge < -0.3 is 5.32 Å². The van der Waals surface area contributed by atoms with Gasteiger partial charge in [0.1, 0.15) is 11.5 Å². The second-order valence-corrected chi connectivity index (χ2v) is 3.83. The summed E-state index contributed by atoms with van der Waals surface area (Å²) in [5.41, 5.74) is -0.537. The summed E-state index contributed by atoms with van der Waals surface area (Å²) >= 11 is 0. The van der Waals surface area contributed by atoms with Crippen LogP contribution in [0.15, 0.2) is 30.3 Å². The van der Waals surface area contributed by atoms with E-state index in [0.717, 1.165) is 6.07 Å². The average Bonchev–Trinajstić information content (AvgIpc) is 2.36. The van der Waals surface area contributed by atoms with Gasteiger partial charge in [-0.1, -0.05) is 12.1 Å². The Labute approximate surface area is 105 Å². The monoisotopic (exact) mass is 273 g/mol. The van der Waals surface area contributed by atoms with Crippen molar-refractivity contribution in [2.24, 2.45) is 0 Å². The van der Waals surface area contributed by atoms with Crippen LogP contribution in [0.3, 0.4) is 0 Å². The Morgan fingerprint density at radius 3 is 2.05 bits per heavy atom. The van der Waals surface area contributed by atoms with Crippen molar-refractivity contribution in [1.82, 2.24) is 0 Å². The van der Waals surface area contributed by atoms with E-state index < -0.39 is 34.8 Å². The molecule has 19 heavy (non-hydrogen) atoms. The lowest BCUT2D eigenvalue weighted by molar-refractivity contribution is 0.458.